The Balaban J connectivity index is 1.94. The van der Waals surface area contributed by atoms with E-state index in [2.05, 4.69) is 17.1 Å². The van der Waals surface area contributed by atoms with Gasteiger partial charge in [0.2, 0.25) is 0 Å². The Morgan fingerprint density at radius 2 is 2.11 bits per heavy atom. The quantitative estimate of drug-likeness (QED) is 0.815. The van der Waals surface area contributed by atoms with Gasteiger partial charge in [-0.2, -0.15) is 5.26 Å². The molecule has 0 aromatic carbocycles. The number of hydrogen-bond acceptors (Lipinski definition) is 3. The van der Waals surface area contributed by atoms with Crippen LogP contribution in [0.5, 0.6) is 0 Å². The molecule has 0 bridgehead atoms. The molecule has 1 aliphatic carbocycles. The standard InChI is InChI=1S/C16H20N2O/c17-10-8-15(14-5-1-4-11-18-14)9-12-19-16(13-15)6-2-3-7-16/h1,4-5,11H,2-3,6-9,12-13H2/t15-/m1/s1. The molecule has 19 heavy (non-hydrogen) atoms. The van der Waals surface area contributed by atoms with Gasteiger partial charge in [0, 0.05) is 30.3 Å². The first-order chi connectivity index (χ1) is 9.29. The van der Waals surface area contributed by atoms with Crippen molar-refractivity contribution in [2.75, 3.05) is 6.61 Å². The second-order valence-electron chi connectivity index (χ2n) is 6.00. The highest BCUT2D eigenvalue weighted by atomic mass is 16.5. The third kappa shape index (κ3) is 2.26. The Bertz CT molecular complexity index is 473. The molecule has 2 fully saturated rings. The minimum absolute atomic E-state index is 0.0205. The highest BCUT2D eigenvalue weighted by Crippen LogP contribution is 2.49. The van der Waals surface area contributed by atoms with Crippen molar-refractivity contribution in [1.82, 2.24) is 4.98 Å². The van der Waals surface area contributed by atoms with Crippen molar-refractivity contribution in [2.24, 2.45) is 0 Å². The Labute approximate surface area is 114 Å². The van der Waals surface area contributed by atoms with E-state index in [1.165, 1.54) is 12.8 Å². The number of rotatable bonds is 2. The molecule has 0 amide bonds. The van der Waals surface area contributed by atoms with E-state index in [-0.39, 0.29) is 11.0 Å². The topological polar surface area (TPSA) is 45.9 Å². The van der Waals surface area contributed by atoms with Crippen LogP contribution < -0.4 is 0 Å². The fourth-order valence-corrected chi connectivity index (χ4v) is 3.85. The van der Waals surface area contributed by atoms with Gasteiger partial charge in [-0.15, -0.1) is 0 Å². The van der Waals surface area contributed by atoms with Crippen LogP contribution in [0.4, 0.5) is 0 Å². The molecule has 1 atom stereocenters. The average Bonchev–Trinajstić information content (AvgIpc) is 2.88. The predicted molar refractivity (Wildman–Crippen MR) is 72.5 cm³/mol. The summed E-state index contributed by atoms with van der Waals surface area (Å²) in [4.78, 5) is 4.54. The van der Waals surface area contributed by atoms with Crippen LogP contribution in [0.2, 0.25) is 0 Å². The number of aromatic nitrogens is 1. The molecule has 2 aliphatic rings. The lowest BCUT2D eigenvalue weighted by Crippen LogP contribution is -2.46. The Kier molecular flexibility index (Phi) is 3.28. The monoisotopic (exact) mass is 256 g/mol. The molecule has 1 saturated carbocycles. The van der Waals surface area contributed by atoms with E-state index in [4.69, 9.17) is 4.74 Å². The summed E-state index contributed by atoms with van der Waals surface area (Å²) in [5.41, 5.74) is 0.997. The minimum Gasteiger partial charge on any atom is -0.375 e. The lowest BCUT2D eigenvalue weighted by Gasteiger charge is -2.45. The van der Waals surface area contributed by atoms with Crippen LogP contribution in [0.1, 0.15) is 50.6 Å². The Hall–Kier alpha value is -1.40. The molecule has 0 radical (unpaired) electrons. The molecule has 2 heterocycles. The van der Waals surface area contributed by atoms with Crippen LogP contribution in [-0.2, 0) is 10.2 Å². The number of nitrogens with zero attached hydrogens (tertiary/aromatic N) is 2. The van der Waals surface area contributed by atoms with Gasteiger partial charge in [0.1, 0.15) is 0 Å². The maximum absolute atomic E-state index is 9.26. The van der Waals surface area contributed by atoms with E-state index in [9.17, 15) is 5.26 Å². The molecule has 0 unspecified atom stereocenters. The SMILES string of the molecule is N#CC[C@@]1(c2ccccn2)CCOC2(CCCC2)C1. The minimum atomic E-state index is -0.0986. The summed E-state index contributed by atoms with van der Waals surface area (Å²) < 4.78 is 6.11. The summed E-state index contributed by atoms with van der Waals surface area (Å²) in [6, 6.07) is 8.43. The van der Waals surface area contributed by atoms with Gasteiger partial charge >= 0.3 is 0 Å². The van der Waals surface area contributed by atoms with Crippen LogP contribution >= 0.6 is 0 Å². The van der Waals surface area contributed by atoms with Crippen LogP contribution in [0.3, 0.4) is 0 Å². The van der Waals surface area contributed by atoms with Crippen LogP contribution in [0.25, 0.3) is 0 Å². The van der Waals surface area contributed by atoms with Gasteiger partial charge in [-0.25, -0.2) is 0 Å². The molecule has 1 aliphatic heterocycles. The van der Waals surface area contributed by atoms with Crippen LogP contribution in [0.15, 0.2) is 24.4 Å². The van der Waals surface area contributed by atoms with Crippen LogP contribution in [-0.4, -0.2) is 17.2 Å². The molecule has 1 saturated heterocycles. The van der Waals surface area contributed by atoms with E-state index >= 15 is 0 Å². The number of nitriles is 1. The predicted octanol–water partition coefficient (Wildman–Crippen LogP) is 3.36. The van der Waals surface area contributed by atoms with Gasteiger partial charge in [-0.05, 0) is 37.8 Å². The number of hydrogen-bond donors (Lipinski definition) is 0. The average molecular weight is 256 g/mol. The summed E-state index contributed by atoms with van der Waals surface area (Å²) in [5, 5.41) is 9.26. The van der Waals surface area contributed by atoms with Crippen LogP contribution in [0, 0.1) is 11.3 Å². The van der Waals surface area contributed by atoms with E-state index < -0.39 is 0 Å². The molecular weight excluding hydrogens is 236 g/mol. The first-order valence-corrected chi connectivity index (χ1v) is 7.21. The highest BCUT2D eigenvalue weighted by Gasteiger charge is 2.48. The van der Waals surface area contributed by atoms with Gasteiger partial charge in [0.15, 0.2) is 0 Å². The van der Waals surface area contributed by atoms with Crippen molar-refractivity contribution < 1.29 is 4.74 Å². The fourth-order valence-electron chi connectivity index (χ4n) is 3.85. The molecule has 3 nitrogen and oxygen atoms in total. The molecule has 1 spiro atoms. The molecule has 1 aromatic rings. The third-order valence-corrected chi connectivity index (χ3v) is 4.79. The fraction of sp³-hybridized carbons (Fsp3) is 0.625. The highest BCUT2D eigenvalue weighted by molar-refractivity contribution is 5.22. The molecule has 100 valence electrons. The lowest BCUT2D eigenvalue weighted by molar-refractivity contribution is -0.102. The van der Waals surface area contributed by atoms with Gasteiger partial charge < -0.3 is 4.74 Å². The first kappa shape index (κ1) is 12.6. The number of ether oxygens (including phenoxy) is 1. The maximum atomic E-state index is 9.26. The number of pyridine rings is 1. The largest absolute Gasteiger partial charge is 0.375 e. The van der Waals surface area contributed by atoms with E-state index in [0.717, 1.165) is 38.0 Å². The molecular formula is C16H20N2O. The normalized spacial score (nSPS) is 29.2. The van der Waals surface area contributed by atoms with Crippen molar-refractivity contribution in [3.05, 3.63) is 30.1 Å². The lowest BCUT2D eigenvalue weighted by atomic mass is 9.68. The smallest absolute Gasteiger partial charge is 0.0692 e. The summed E-state index contributed by atoms with van der Waals surface area (Å²) >= 11 is 0. The van der Waals surface area contributed by atoms with Gasteiger partial charge in [0.25, 0.3) is 0 Å². The molecule has 1 aromatic heterocycles. The second kappa shape index (κ2) is 4.94. The van der Waals surface area contributed by atoms with E-state index in [1.807, 2.05) is 18.3 Å². The van der Waals surface area contributed by atoms with Crippen molar-refractivity contribution in [3.63, 3.8) is 0 Å². The molecule has 3 heteroatoms. The molecule has 3 rings (SSSR count). The van der Waals surface area contributed by atoms with Gasteiger partial charge in [0.05, 0.1) is 11.7 Å². The van der Waals surface area contributed by atoms with Gasteiger partial charge in [-0.1, -0.05) is 18.9 Å². The van der Waals surface area contributed by atoms with Crippen molar-refractivity contribution in [2.45, 2.75) is 56.0 Å². The first-order valence-electron chi connectivity index (χ1n) is 7.21. The van der Waals surface area contributed by atoms with Crippen molar-refractivity contribution in [1.29, 1.82) is 5.26 Å². The Morgan fingerprint density at radius 1 is 1.26 bits per heavy atom. The van der Waals surface area contributed by atoms with Crippen molar-refractivity contribution >= 4 is 0 Å². The summed E-state index contributed by atoms with van der Waals surface area (Å²) in [6.07, 6.45) is 9.07. The Morgan fingerprint density at radius 3 is 2.79 bits per heavy atom. The zero-order chi connectivity index (χ0) is 13.2. The summed E-state index contributed by atoms with van der Waals surface area (Å²) in [6.45, 7) is 0.762. The van der Waals surface area contributed by atoms with Gasteiger partial charge in [-0.3, -0.25) is 4.98 Å². The zero-order valence-electron chi connectivity index (χ0n) is 11.3. The zero-order valence-corrected chi connectivity index (χ0v) is 11.3. The maximum Gasteiger partial charge on any atom is 0.0692 e. The second-order valence-corrected chi connectivity index (χ2v) is 6.00. The summed E-state index contributed by atoms with van der Waals surface area (Å²) in [5.74, 6) is 0. The van der Waals surface area contributed by atoms with E-state index in [1.54, 1.807) is 0 Å². The summed E-state index contributed by atoms with van der Waals surface area (Å²) in [7, 11) is 0. The van der Waals surface area contributed by atoms with E-state index in [0.29, 0.717) is 6.42 Å². The molecule has 0 N–H and O–H groups in total. The van der Waals surface area contributed by atoms with Crippen molar-refractivity contribution in [3.8, 4) is 6.07 Å². The third-order valence-electron chi connectivity index (χ3n) is 4.79.